The summed E-state index contributed by atoms with van der Waals surface area (Å²) in [6, 6.07) is 7.61. The smallest absolute Gasteiger partial charge is 0.319 e. The van der Waals surface area contributed by atoms with E-state index in [4.69, 9.17) is 0 Å². The number of nitrogens with one attached hydrogen (secondary N) is 2. The van der Waals surface area contributed by atoms with E-state index in [0.29, 0.717) is 13.0 Å². The maximum Gasteiger partial charge on any atom is 0.319 e. The fourth-order valence-electron chi connectivity index (χ4n) is 2.39. The minimum absolute atomic E-state index is 0.205. The van der Waals surface area contributed by atoms with Crippen molar-refractivity contribution in [1.29, 1.82) is 0 Å². The fourth-order valence-corrected chi connectivity index (χ4v) is 3.05. The minimum atomic E-state index is -0.205. The summed E-state index contributed by atoms with van der Waals surface area (Å²) in [4.78, 5) is 26.3. The second-order valence-corrected chi connectivity index (χ2v) is 6.51. The first kappa shape index (κ1) is 16.7. The fraction of sp³-hybridized carbons (Fsp3) is 0.500. The van der Waals surface area contributed by atoms with Crippen LogP contribution in [0.1, 0.15) is 26.2 Å². The molecule has 0 aliphatic carbocycles. The molecule has 1 aromatic rings. The van der Waals surface area contributed by atoms with Crippen LogP contribution in [0.15, 0.2) is 29.2 Å². The molecule has 6 heteroatoms. The lowest BCUT2D eigenvalue weighted by molar-refractivity contribution is -0.127. The number of likely N-dealkylation sites (tertiary alicyclic amines) is 1. The van der Waals surface area contributed by atoms with Crippen molar-refractivity contribution in [2.45, 2.75) is 31.1 Å². The predicted octanol–water partition coefficient (Wildman–Crippen LogP) is 2.93. The van der Waals surface area contributed by atoms with Crippen molar-refractivity contribution in [2.75, 3.05) is 30.7 Å². The van der Waals surface area contributed by atoms with Crippen molar-refractivity contribution < 1.29 is 9.59 Å². The van der Waals surface area contributed by atoms with Gasteiger partial charge in [-0.3, -0.25) is 4.79 Å². The van der Waals surface area contributed by atoms with Crippen LogP contribution < -0.4 is 10.6 Å². The predicted molar refractivity (Wildman–Crippen MR) is 90.3 cm³/mol. The Morgan fingerprint density at radius 1 is 1.32 bits per heavy atom. The van der Waals surface area contributed by atoms with Gasteiger partial charge in [-0.1, -0.05) is 6.92 Å². The molecule has 1 heterocycles. The second kappa shape index (κ2) is 8.68. The van der Waals surface area contributed by atoms with Crippen LogP contribution >= 0.6 is 11.8 Å². The maximum atomic E-state index is 11.8. The molecule has 1 aromatic carbocycles. The Morgan fingerprint density at radius 3 is 2.73 bits per heavy atom. The Kier molecular flexibility index (Phi) is 6.58. The van der Waals surface area contributed by atoms with Crippen LogP contribution in [0.3, 0.4) is 0 Å². The molecular weight excluding hydrogens is 298 g/mol. The van der Waals surface area contributed by atoms with Gasteiger partial charge in [0.1, 0.15) is 0 Å². The lowest BCUT2D eigenvalue weighted by Gasteiger charge is -2.15. The number of carbonyl (C=O) groups excluding carboxylic acids is 2. The van der Waals surface area contributed by atoms with Crippen molar-refractivity contribution in [2.24, 2.45) is 0 Å². The largest absolute Gasteiger partial charge is 0.343 e. The van der Waals surface area contributed by atoms with Gasteiger partial charge in [-0.05, 0) is 42.9 Å². The number of nitrogens with zero attached hydrogens (tertiary/aromatic N) is 1. The van der Waals surface area contributed by atoms with E-state index < -0.39 is 0 Å². The van der Waals surface area contributed by atoms with E-state index in [1.165, 1.54) is 4.90 Å². The lowest BCUT2D eigenvalue weighted by atomic mass is 10.3. The Morgan fingerprint density at radius 2 is 2.09 bits per heavy atom. The molecule has 0 spiro atoms. The molecule has 1 aliphatic rings. The zero-order valence-electron chi connectivity index (χ0n) is 12.9. The zero-order chi connectivity index (χ0) is 15.8. The molecule has 120 valence electrons. The molecule has 3 amide bonds. The molecule has 0 radical (unpaired) electrons. The van der Waals surface area contributed by atoms with E-state index in [-0.39, 0.29) is 11.9 Å². The van der Waals surface area contributed by atoms with Gasteiger partial charge in [0.15, 0.2) is 0 Å². The van der Waals surface area contributed by atoms with E-state index in [1.807, 2.05) is 29.2 Å². The molecule has 0 unspecified atom stereocenters. The van der Waals surface area contributed by atoms with Gasteiger partial charge in [0.2, 0.25) is 5.91 Å². The molecule has 0 atom stereocenters. The average molecular weight is 321 g/mol. The Bertz CT molecular complexity index is 505. The maximum absolute atomic E-state index is 11.8. The number of urea groups is 1. The highest BCUT2D eigenvalue weighted by Crippen LogP contribution is 2.19. The normalized spacial score (nSPS) is 14.2. The summed E-state index contributed by atoms with van der Waals surface area (Å²) in [6.07, 6.45) is 2.41. The van der Waals surface area contributed by atoms with Crippen LogP contribution in [0.4, 0.5) is 10.5 Å². The van der Waals surface area contributed by atoms with Crippen molar-refractivity contribution >= 4 is 29.4 Å². The molecule has 0 aromatic heterocycles. The van der Waals surface area contributed by atoms with Crippen LogP contribution in [-0.2, 0) is 4.79 Å². The van der Waals surface area contributed by atoms with Gasteiger partial charge in [-0.2, -0.15) is 0 Å². The highest BCUT2D eigenvalue weighted by molar-refractivity contribution is 7.99. The van der Waals surface area contributed by atoms with Gasteiger partial charge in [-0.15, -0.1) is 11.8 Å². The Balaban J connectivity index is 1.63. The van der Waals surface area contributed by atoms with E-state index >= 15 is 0 Å². The third-order valence-electron chi connectivity index (χ3n) is 3.48. The van der Waals surface area contributed by atoms with Gasteiger partial charge in [0, 0.05) is 36.6 Å². The number of thioether (sulfide) groups is 1. The highest BCUT2D eigenvalue weighted by atomic mass is 32.2. The van der Waals surface area contributed by atoms with Gasteiger partial charge in [0.05, 0.1) is 0 Å². The van der Waals surface area contributed by atoms with Crippen molar-refractivity contribution in [3.63, 3.8) is 0 Å². The third-order valence-corrected chi connectivity index (χ3v) is 4.38. The van der Waals surface area contributed by atoms with E-state index in [9.17, 15) is 9.59 Å². The summed E-state index contributed by atoms with van der Waals surface area (Å²) >= 11 is 1.77. The molecule has 1 saturated heterocycles. The first-order chi connectivity index (χ1) is 10.7. The molecule has 2 N–H and O–H groups in total. The van der Waals surface area contributed by atoms with E-state index in [0.717, 1.165) is 37.4 Å². The van der Waals surface area contributed by atoms with Crippen molar-refractivity contribution in [1.82, 2.24) is 10.2 Å². The molecule has 0 bridgehead atoms. The summed E-state index contributed by atoms with van der Waals surface area (Å²) in [7, 11) is 0. The van der Waals surface area contributed by atoms with Gasteiger partial charge >= 0.3 is 6.03 Å². The molecule has 1 fully saturated rings. The summed E-state index contributed by atoms with van der Waals surface area (Å²) < 4.78 is 0. The van der Waals surface area contributed by atoms with Gasteiger partial charge < -0.3 is 15.5 Å². The van der Waals surface area contributed by atoms with Crippen molar-refractivity contribution in [3.05, 3.63) is 24.3 Å². The average Bonchev–Trinajstić information content (AvgIpc) is 2.91. The van der Waals surface area contributed by atoms with E-state index in [2.05, 4.69) is 17.6 Å². The number of amides is 3. The molecule has 2 rings (SSSR count). The van der Waals surface area contributed by atoms with Gasteiger partial charge in [-0.25, -0.2) is 4.79 Å². The minimum Gasteiger partial charge on any atom is -0.343 e. The number of rotatable bonds is 7. The monoisotopic (exact) mass is 321 g/mol. The third kappa shape index (κ3) is 5.26. The number of benzene rings is 1. The first-order valence-electron chi connectivity index (χ1n) is 7.74. The summed E-state index contributed by atoms with van der Waals surface area (Å²) in [5.41, 5.74) is 0.785. The molecule has 5 nitrogen and oxygen atoms in total. The quantitative estimate of drug-likeness (QED) is 0.599. The number of hydrogen-bond acceptors (Lipinski definition) is 3. The number of carbonyl (C=O) groups is 2. The van der Waals surface area contributed by atoms with Crippen LogP contribution in [0.2, 0.25) is 0 Å². The topological polar surface area (TPSA) is 61.4 Å². The molecule has 1 aliphatic heterocycles. The standard InChI is InChI=1S/C16H23N3O2S/c1-2-22-14-8-6-13(7-9-14)18-16(21)17-10-4-12-19-11-3-5-15(19)20/h6-9H,2-5,10-12H2,1H3,(H2,17,18,21). The Hall–Kier alpha value is -1.69. The summed E-state index contributed by atoms with van der Waals surface area (Å²) in [6.45, 7) is 4.26. The molecule has 0 saturated carbocycles. The Labute approximate surface area is 135 Å². The number of anilines is 1. The van der Waals surface area contributed by atoms with Gasteiger partial charge in [0.25, 0.3) is 0 Å². The first-order valence-corrected chi connectivity index (χ1v) is 8.73. The lowest BCUT2D eigenvalue weighted by Crippen LogP contribution is -2.32. The van der Waals surface area contributed by atoms with Crippen LogP contribution in [0.25, 0.3) is 0 Å². The summed E-state index contributed by atoms with van der Waals surface area (Å²) in [5.74, 6) is 1.27. The second-order valence-electron chi connectivity index (χ2n) is 5.18. The zero-order valence-corrected chi connectivity index (χ0v) is 13.7. The number of hydrogen-bond donors (Lipinski definition) is 2. The van der Waals surface area contributed by atoms with Crippen LogP contribution in [0.5, 0.6) is 0 Å². The summed E-state index contributed by atoms with van der Waals surface area (Å²) in [5, 5.41) is 5.63. The molecular formula is C16H23N3O2S. The van der Waals surface area contributed by atoms with Crippen LogP contribution in [-0.4, -0.2) is 42.2 Å². The van der Waals surface area contributed by atoms with E-state index in [1.54, 1.807) is 11.8 Å². The SMILES string of the molecule is CCSc1ccc(NC(=O)NCCCN2CCCC2=O)cc1. The molecule has 22 heavy (non-hydrogen) atoms. The van der Waals surface area contributed by atoms with Crippen LogP contribution in [0, 0.1) is 0 Å². The van der Waals surface area contributed by atoms with Crippen molar-refractivity contribution in [3.8, 4) is 0 Å². The highest BCUT2D eigenvalue weighted by Gasteiger charge is 2.18.